The van der Waals surface area contributed by atoms with Gasteiger partial charge in [-0.15, -0.1) is 0 Å². The zero-order valence-electron chi connectivity index (χ0n) is 27.4. The van der Waals surface area contributed by atoms with Crippen molar-refractivity contribution in [3.05, 3.63) is 204 Å². The molecule has 1 aromatic heterocycles. The molecule has 1 spiro atoms. The van der Waals surface area contributed by atoms with Gasteiger partial charge in [0.25, 0.3) is 0 Å². The molecular formula is C49H31N. The van der Waals surface area contributed by atoms with E-state index in [0.717, 1.165) is 29.7 Å². The van der Waals surface area contributed by atoms with E-state index in [4.69, 9.17) is 0 Å². The molecule has 0 aliphatic heterocycles. The minimum absolute atomic E-state index is 0.355. The smallest absolute Gasteiger partial charge is 0.0974 e. The molecular weight excluding hydrogens is 603 g/mol. The molecule has 3 aliphatic carbocycles. The minimum atomic E-state index is -0.355. The summed E-state index contributed by atoms with van der Waals surface area (Å²) in [4.78, 5) is 0. The van der Waals surface area contributed by atoms with Crippen molar-refractivity contribution >= 4 is 27.4 Å². The zero-order chi connectivity index (χ0) is 32.8. The van der Waals surface area contributed by atoms with Crippen molar-refractivity contribution in [1.82, 2.24) is 4.57 Å². The summed E-state index contributed by atoms with van der Waals surface area (Å²) in [6, 6.07) is 62.8. The van der Waals surface area contributed by atoms with Gasteiger partial charge in [-0.25, -0.2) is 0 Å². The van der Waals surface area contributed by atoms with E-state index >= 15 is 0 Å². The van der Waals surface area contributed by atoms with Crippen LogP contribution >= 0.6 is 0 Å². The van der Waals surface area contributed by atoms with Gasteiger partial charge >= 0.3 is 0 Å². The maximum absolute atomic E-state index is 3.63. The number of benzene rings is 6. The van der Waals surface area contributed by atoms with E-state index in [-0.39, 0.29) is 5.41 Å². The lowest BCUT2D eigenvalue weighted by molar-refractivity contribution is 0.781. The summed E-state index contributed by atoms with van der Waals surface area (Å²) >= 11 is 0. The van der Waals surface area contributed by atoms with Crippen LogP contribution in [0.1, 0.15) is 35.1 Å². The van der Waals surface area contributed by atoms with Crippen molar-refractivity contribution in [3.8, 4) is 39.1 Å². The first-order valence-corrected chi connectivity index (χ1v) is 17.6. The Balaban J connectivity index is 1.26. The van der Waals surface area contributed by atoms with Gasteiger partial charge in [0, 0.05) is 21.9 Å². The largest absolute Gasteiger partial charge is 0.301 e. The van der Waals surface area contributed by atoms with Gasteiger partial charge in [0.1, 0.15) is 0 Å². The number of rotatable bonds is 3. The monoisotopic (exact) mass is 633 g/mol. The summed E-state index contributed by atoms with van der Waals surface area (Å²) in [5.74, 6) is 0. The fourth-order valence-corrected chi connectivity index (χ4v) is 9.32. The van der Waals surface area contributed by atoms with Gasteiger partial charge in [-0.1, -0.05) is 146 Å². The first-order chi connectivity index (χ1) is 24.8. The second kappa shape index (κ2) is 10.3. The maximum atomic E-state index is 3.63. The fourth-order valence-electron chi connectivity index (χ4n) is 9.32. The Morgan fingerprint density at radius 2 is 1.24 bits per heavy atom. The maximum Gasteiger partial charge on any atom is 0.0974 e. The first-order valence-electron chi connectivity index (χ1n) is 17.6. The molecule has 50 heavy (non-hydrogen) atoms. The molecule has 8 aromatic rings. The lowest BCUT2D eigenvalue weighted by Gasteiger charge is -2.32. The molecule has 0 N–H and O–H groups in total. The molecule has 1 heterocycles. The average Bonchev–Trinajstić information content (AvgIpc) is 3.80. The molecule has 0 radical (unpaired) electrons. The Kier molecular flexibility index (Phi) is 5.69. The predicted molar refractivity (Wildman–Crippen MR) is 206 cm³/mol. The third-order valence-electron chi connectivity index (χ3n) is 11.3. The van der Waals surface area contributed by atoms with Crippen LogP contribution in [0, 0.1) is 12.1 Å². The van der Waals surface area contributed by atoms with E-state index in [0.29, 0.717) is 0 Å². The number of hydrogen-bond acceptors (Lipinski definition) is 0. The van der Waals surface area contributed by atoms with Crippen molar-refractivity contribution < 1.29 is 0 Å². The van der Waals surface area contributed by atoms with Crippen molar-refractivity contribution in [2.45, 2.75) is 18.3 Å². The lowest BCUT2D eigenvalue weighted by atomic mass is 9.69. The van der Waals surface area contributed by atoms with Crippen molar-refractivity contribution in [3.63, 3.8) is 0 Å². The van der Waals surface area contributed by atoms with Crippen LogP contribution in [-0.2, 0) is 5.41 Å². The molecule has 1 nitrogen and oxygen atoms in total. The lowest BCUT2D eigenvalue weighted by Crippen LogP contribution is -2.27. The number of fused-ring (bicyclic) bond motifs is 13. The van der Waals surface area contributed by atoms with Gasteiger partial charge in [0.15, 0.2) is 0 Å². The first kappa shape index (κ1) is 27.6. The number of hydrogen-bond donors (Lipinski definition) is 0. The van der Waals surface area contributed by atoms with Crippen LogP contribution in [0.15, 0.2) is 169 Å². The van der Waals surface area contributed by atoms with Crippen LogP contribution < -0.4 is 0 Å². The van der Waals surface area contributed by atoms with Crippen LogP contribution in [0.3, 0.4) is 0 Å². The topological polar surface area (TPSA) is 4.93 Å². The Morgan fingerprint density at radius 3 is 1.96 bits per heavy atom. The van der Waals surface area contributed by atoms with Crippen LogP contribution in [0.5, 0.6) is 0 Å². The molecule has 0 bridgehead atoms. The van der Waals surface area contributed by atoms with Crippen LogP contribution in [-0.4, -0.2) is 4.57 Å². The van der Waals surface area contributed by atoms with E-state index in [2.05, 4.69) is 181 Å². The Labute approximate surface area is 292 Å². The predicted octanol–water partition coefficient (Wildman–Crippen LogP) is 12.2. The summed E-state index contributed by atoms with van der Waals surface area (Å²) < 4.78 is 2.47. The molecule has 0 unspecified atom stereocenters. The summed E-state index contributed by atoms with van der Waals surface area (Å²) in [5, 5.41) is 2.53. The number of allylic oxidation sites excluding steroid dienone is 4. The van der Waals surface area contributed by atoms with Crippen molar-refractivity contribution in [1.29, 1.82) is 0 Å². The Bertz CT molecular complexity index is 2680. The van der Waals surface area contributed by atoms with E-state index in [1.165, 1.54) is 77.5 Å². The van der Waals surface area contributed by atoms with Crippen LogP contribution in [0.4, 0.5) is 0 Å². The highest BCUT2D eigenvalue weighted by Gasteiger charge is 2.53. The standard InChI is InChI=1S/C49H31N/c1-3-13-32(14-4-1)34-23-26-36(27-24-34)50-46-30-25-35(33-15-5-2-6-16-33)31-41(46)39-28-29-45-47(48(39)50)40-19-9-12-22-44(40)49(45)42-20-10-7-17-37(42)38-18-8-11-21-43(38)49/h1-8,10-18,20-23,25-26,28-31H,9,19H2. The molecule has 232 valence electrons. The van der Waals surface area contributed by atoms with Gasteiger partial charge < -0.3 is 4.57 Å². The van der Waals surface area contributed by atoms with Crippen molar-refractivity contribution in [2.24, 2.45) is 0 Å². The van der Waals surface area contributed by atoms with Crippen LogP contribution in [0.2, 0.25) is 0 Å². The molecule has 11 rings (SSSR count). The molecule has 0 saturated heterocycles. The molecule has 7 aromatic carbocycles. The average molecular weight is 634 g/mol. The normalized spacial score (nSPS) is 14.9. The van der Waals surface area contributed by atoms with Gasteiger partial charge in [0.2, 0.25) is 0 Å². The highest BCUT2D eigenvalue weighted by atomic mass is 15.0. The SMILES string of the molecule is c1c(-c2ccccc2)ccc(-n2c3ccc(-c4ccccc4)cc3c3ccc4c(c32)C2=C(C=CCC2)C42c3ccccc3-c3ccccc32)c#1. The summed E-state index contributed by atoms with van der Waals surface area (Å²) in [7, 11) is 0. The molecule has 3 aliphatic rings. The molecule has 0 atom stereocenters. The Hall–Kier alpha value is -6.36. The number of nitrogens with zero attached hydrogens (tertiary/aromatic N) is 1. The summed E-state index contributed by atoms with van der Waals surface area (Å²) in [5.41, 5.74) is 18.9. The third kappa shape index (κ3) is 3.58. The van der Waals surface area contributed by atoms with Crippen LogP contribution in [0.25, 0.3) is 66.4 Å². The molecule has 0 saturated carbocycles. The fraction of sp³-hybridized carbons (Fsp3) is 0.0612. The quantitative estimate of drug-likeness (QED) is 0.182. The second-order valence-electron chi connectivity index (χ2n) is 13.7. The minimum Gasteiger partial charge on any atom is -0.301 e. The Morgan fingerprint density at radius 1 is 0.540 bits per heavy atom. The van der Waals surface area contributed by atoms with Gasteiger partial charge in [-0.3, -0.25) is 0 Å². The molecule has 1 heteroatoms. The molecule has 0 amide bonds. The van der Waals surface area contributed by atoms with E-state index in [1.54, 1.807) is 0 Å². The van der Waals surface area contributed by atoms with Gasteiger partial charge in [0.05, 0.1) is 22.1 Å². The van der Waals surface area contributed by atoms with Gasteiger partial charge in [-0.05, 0) is 98.8 Å². The second-order valence-corrected chi connectivity index (χ2v) is 13.7. The van der Waals surface area contributed by atoms with E-state index in [1.807, 2.05) is 0 Å². The van der Waals surface area contributed by atoms with Crippen molar-refractivity contribution in [2.75, 3.05) is 0 Å². The highest BCUT2D eigenvalue weighted by Crippen LogP contribution is 2.64. The zero-order valence-corrected chi connectivity index (χ0v) is 27.4. The van der Waals surface area contributed by atoms with Gasteiger partial charge in [-0.2, -0.15) is 0 Å². The van der Waals surface area contributed by atoms with E-state index in [9.17, 15) is 0 Å². The summed E-state index contributed by atoms with van der Waals surface area (Å²) in [6.45, 7) is 0. The third-order valence-corrected chi connectivity index (χ3v) is 11.3. The highest BCUT2D eigenvalue weighted by molar-refractivity contribution is 6.16. The number of aromatic nitrogens is 1. The summed E-state index contributed by atoms with van der Waals surface area (Å²) in [6.07, 6.45) is 6.89. The van der Waals surface area contributed by atoms with E-state index < -0.39 is 0 Å². The molecule has 0 fully saturated rings.